The van der Waals surface area contributed by atoms with E-state index < -0.39 is 0 Å². The number of morpholine rings is 1. The Bertz CT molecular complexity index is 432. The molecule has 110 valence electrons. The molecular formula is C13H19ClN4O2. The molecule has 0 radical (unpaired) electrons. The summed E-state index contributed by atoms with van der Waals surface area (Å²) < 4.78 is 5.25. The zero-order valence-corrected chi connectivity index (χ0v) is 12.3. The van der Waals surface area contributed by atoms with Gasteiger partial charge in [-0.25, -0.2) is 0 Å². The summed E-state index contributed by atoms with van der Waals surface area (Å²) >= 11 is 5.97. The Hall–Kier alpha value is -1.66. The first kappa shape index (κ1) is 16.4. The van der Waals surface area contributed by atoms with Crippen molar-refractivity contribution in [2.45, 2.75) is 6.92 Å². The molecule has 6 nitrogen and oxygen atoms in total. The minimum Gasteiger partial charge on any atom is -0.372 e. The SMILES string of the molecule is C=CCN/C(Cl)=C\C=C(/C)CN1CCOC/C1=N\N=O. The summed E-state index contributed by atoms with van der Waals surface area (Å²) in [6.45, 7) is 8.47. The molecule has 0 unspecified atom stereocenters. The predicted octanol–water partition coefficient (Wildman–Crippen LogP) is 2.20. The maximum atomic E-state index is 10.2. The Morgan fingerprint density at radius 3 is 3.10 bits per heavy atom. The van der Waals surface area contributed by atoms with Gasteiger partial charge in [0.1, 0.15) is 11.8 Å². The van der Waals surface area contributed by atoms with Gasteiger partial charge in [0.15, 0.2) is 5.84 Å². The summed E-state index contributed by atoms with van der Waals surface area (Å²) in [5.41, 5.74) is 1.09. The van der Waals surface area contributed by atoms with Gasteiger partial charge < -0.3 is 15.0 Å². The molecule has 1 saturated heterocycles. The van der Waals surface area contributed by atoms with Crippen LogP contribution in [-0.4, -0.2) is 43.6 Å². The van der Waals surface area contributed by atoms with Gasteiger partial charge in [-0.1, -0.05) is 34.4 Å². The Balaban J connectivity index is 2.58. The lowest BCUT2D eigenvalue weighted by molar-refractivity contribution is 0.119. The van der Waals surface area contributed by atoms with Crippen LogP contribution in [0.25, 0.3) is 0 Å². The molecule has 0 saturated carbocycles. The van der Waals surface area contributed by atoms with Gasteiger partial charge in [-0.05, 0) is 13.0 Å². The number of nitrogens with one attached hydrogen (secondary N) is 1. The highest BCUT2D eigenvalue weighted by Crippen LogP contribution is 2.07. The van der Waals surface area contributed by atoms with Crippen LogP contribution < -0.4 is 5.32 Å². The first-order valence-electron chi connectivity index (χ1n) is 6.27. The second-order valence-electron chi connectivity index (χ2n) is 4.27. The van der Waals surface area contributed by atoms with Crippen LogP contribution in [0.2, 0.25) is 0 Å². The topological polar surface area (TPSA) is 66.3 Å². The van der Waals surface area contributed by atoms with E-state index in [1.165, 1.54) is 0 Å². The van der Waals surface area contributed by atoms with Crippen LogP contribution in [0.3, 0.4) is 0 Å². The molecular weight excluding hydrogens is 280 g/mol. The summed E-state index contributed by atoms with van der Waals surface area (Å²) in [4.78, 5) is 12.2. The van der Waals surface area contributed by atoms with Gasteiger partial charge >= 0.3 is 0 Å². The van der Waals surface area contributed by atoms with E-state index >= 15 is 0 Å². The normalized spacial score (nSPS) is 19.1. The van der Waals surface area contributed by atoms with E-state index in [2.05, 4.69) is 22.3 Å². The smallest absolute Gasteiger partial charge is 0.157 e. The van der Waals surface area contributed by atoms with Gasteiger partial charge in [0, 0.05) is 19.6 Å². The molecule has 1 N–H and O–H groups in total. The molecule has 20 heavy (non-hydrogen) atoms. The van der Waals surface area contributed by atoms with Gasteiger partial charge in [-0.2, -0.15) is 0 Å². The van der Waals surface area contributed by atoms with Gasteiger partial charge in [-0.15, -0.1) is 11.5 Å². The highest BCUT2D eigenvalue weighted by Gasteiger charge is 2.17. The van der Waals surface area contributed by atoms with Crippen molar-refractivity contribution in [2.24, 2.45) is 10.4 Å². The predicted molar refractivity (Wildman–Crippen MR) is 81.5 cm³/mol. The molecule has 1 aliphatic rings. The van der Waals surface area contributed by atoms with Gasteiger partial charge in [0.2, 0.25) is 0 Å². The van der Waals surface area contributed by atoms with E-state index in [9.17, 15) is 4.91 Å². The van der Waals surface area contributed by atoms with E-state index in [1.54, 1.807) is 12.2 Å². The van der Waals surface area contributed by atoms with E-state index in [0.717, 1.165) is 5.57 Å². The van der Waals surface area contributed by atoms with Crippen LogP contribution in [0.5, 0.6) is 0 Å². The van der Waals surface area contributed by atoms with Gasteiger partial charge in [0.25, 0.3) is 0 Å². The van der Waals surface area contributed by atoms with Crippen LogP contribution >= 0.6 is 11.6 Å². The van der Waals surface area contributed by atoms with E-state index in [0.29, 0.717) is 43.8 Å². The quantitative estimate of drug-likeness (QED) is 0.257. The Morgan fingerprint density at radius 2 is 2.40 bits per heavy atom. The summed E-state index contributed by atoms with van der Waals surface area (Å²) in [7, 11) is 0. The van der Waals surface area contributed by atoms with Crippen molar-refractivity contribution in [1.29, 1.82) is 0 Å². The zero-order chi connectivity index (χ0) is 14.8. The van der Waals surface area contributed by atoms with Crippen molar-refractivity contribution in [2.75, 3.05) is 32.8 Å². The zero-order valence-electron chi connectivity index (χ0n) is 11.5. The molecule has 0 atom stereocenters. The molecule has 1 fully saturated rings. The minimum atomic E-state index is 0.316. The molecule has 7 heteroatoms. The third kappa shape index (κ3) is 5.99. The average molecular weight is 299 g/mol. The fourth-order valence-corrected chi connectivity index (χ4v) is 1.81. The first-order chi connectivity index (χ1) is 9.67. The monoisotopic (exact) mass is 298 g/mol. The lowest BCUT2D eigenvalue weighted by Crippen LogP contribution is -2.42. The number of amidine groups is 1. The molecule has 1 rings (SSSR count). The van der Waals surface area contributed by atoms with Crippen LogP contribution in [0.1, 0.15) is 6.92 Å². The standard InChI is InChI=1S/C13H19ClN4O2/c1-3-6-15-12(14)5-4-11(2)9-18-7-8-20-10-13(18)16-17-19/h3-5,15H,1,6-10H2,2H3/b11-4+,12-5-,16-13+. The summed E-state index contributed by atoms with van der Waals surface area (Å²) in [6.07, 6.45) is 5.44. The van der Waals surface area contributed by atoms with Crippen LogP contribution in [0, 0.1) is 4.91 Å². The number of hydrogen-bond donors (Lipinski definition) is 1. The van der Waals surface area contributed by atoms with Gasteiger partial charge in [-0.3, -0.25) is 0 Å². The number of rotatable bonds is 7. The molecule has 0 aromatic heterocycles. The van der Waals surface area contributed by atoms with Crippen molar-refractivity contribution < 1.29 is 4.74 Å². The fraction of sp³-hybridized carbons (Fsp3) is 0.462. The number of ether oxygens (including phenoxy) is 1. The average Bonchev–Trinajstić information content (AvgIpc) is 2.45. The maximum Gasteiger partial charge on any atom is 0.157 e. The van der Waals surface area contributed by atoms with Crippen LogP contribution in [0.4, 0.5) is 0 Å². The van der Waals surface area contributed by atoms with Crippen LogP contribution in [0.15, 0.2) is 45.9 Å². The van der Waals surface area contributed by atoms with Crippen molar-refractivity contribution in [3.63, 3.8) is 0 Å². The molecule has 1 aliphatic heterocycles. The van der Waals surface area contributed by atoms with Crippen molar-refractivity contribution in [1.82, 2.24) is 10.2 Å². The lowest BCUT2D eigenvalue weighted by atomic mass is 10.2. The Morgan fingerprint density at radius 1 is 1.60 bits per heavy atom. The van der Waals surface area contributed by atoms with Crippen molar-refractivity contribution >= 4 is 17.4 Å². The van der Waals surface area contributed by atoms with Crippen molar-refractivity contribution in [3.8, 4) is 0 Å². The summed E-state index contributed by atoms with van der Waals surface area (Å²) in [5.74, 6) is 0.554. The van der Waals surface area contributed by atoms with Crippen molar-refractivity contribution in [3.05, 3.63) is 40.4 Å². The molecule has 1 heterocycles. The Kier molecular flexibility index (Phi) is 7.60. The lowest BCUT2D eigenvalue weighted by Gasteiger charge is -2.29. The fourth-order valence-electron chi connectivity index (χ4n) is 1.67. The first-order valence-corrected chi connectivity index (χ1v) is 6.64. The largest absolute Gasteiger partial charge is 0.372 e. The van der Waals surface area contributed by atoms with E-state index in [4.69, 9.17) is 16.3 Å². The van der Waals surface area contributed by atoms with Crippen LogP contribution in [-0.2, 0) is 4.74 Å². The number of hydrogen-bond acceptors (Lipinski definition) is 4. The van der Waals surface area contributed by atoms with E-state index in [1.807, 2.05) is 17.9 Å². The second-order valence-corrected chi connectivity index (χ2v) is 4.68. The Labute approximate surface area is 123 Å². The van der Waals surface area contributed by atoms with Gasteiger partial charge in [0.05, 0.1) is 11.9 Å². The number of halogens is 1. The third-order valence-corrected chi connectivity index (χ3v) is 2.89. The molecule has 0 bridgehead atoms. The number of nitrogens with zero attached hydrogens (tertiary/aromatic N) is 3. The molecule has 0 aromatic carbocycles. The highest BCUT2D eigenvalue weighted by molar-refractivity contribution is 6.29. The second kappa shape index (κ2) is 9.28. The number of allylic oxidation sites excluding steroid dienone is 2. The number of nitroso groups, excluding NO2 is 1. The summed E-state index contributed by atoms with van der Waals surface area (Å²) in [6, 6.07) is 0. The highest BCUT2D eigenvalue weighted by atomic mass is 35.5. The minimum absolute atomic E-state index is 0.316. The van der Waals surface area contributed by atoms with E-state index in [-0.39, 0.29) is 0 Å². The molecule has 0 amide bonds. The molecule has 0 aromatic rings. The molecule has 0 spiro atoms. The molecule has 0 aliphatic carbocycles. The third-order valence-electron chi connectivity index (χ3n) is 2.63. The summed E-state index contributed by atoms with van der Waals surface area (Å²) in [5, 5.41) is 9.64. The maximum absolute atomic E-state index is 10.2.